The average molecular weight is 299 g/mol. The minimum absolute atomic E-state index is 0. The lowest BCUT2D eigenvalue weighted by molar-refractivity contribution is -0.137. The smallest absolute Gasteiger partial charge is 0.260 e. The molecule has 0 aliphatic carbocycles. The van der Waals surface area contributed by atoms with Gasteiger partial charge < -0.3 is 15.4 Å². The lowest BCUT2D eigenvalue weighted by Gasteiger charge is -2.35. The van der Waals surface area contributed by atoms with Crippen LogP contribution in [-0.4, -0.2) is 36.5 Å². The van der Waals surface area contributed by atoms with Gasteiger partial charge in [0.15, 0.2) is 6.61 Å². The SMILES string of the molecule is Cl.NCCC1CCCCN1C(=O)COc1ccccc1. The molecule has 1 unspecified atom stereocenters. The number of piperidine rings is 1. The maximum absolute atomic E-state index is 12.2. The van der Waals surface area contributed by atoms with E-state index in [9.17, 15) is 4.79 Å². The Hall–Kier alpha value is -1.26. The van der Waals surface area contributed by atoms with E-state index in [4.69, 9.17) is 10.5 Å². The second kappa shape index (κ2) is 8.82. The number of ether oxygens (including phenoxy) is 1. The zero-order valence-corrected chi connectivity index (χ0v) is 12.5. The normalized spacial score (nSPS) is 18.2. The zero-order valence-electron chi connectivity index (χ0n) is 11.7. The molecule has 20 heavy (non-hydrogen) atoms. The number of nitrogens with zero attached hydrogens (tertiary/aromatic N) is 1. The lowest BCUT2D eigenvalue weighted by Crippen LogP contribution is -2.46. The molecule has 1 saturated heterocycles. The van der Waals surface area contributed by atoms with E-state index in [0.717, 1.165) is 31.6 Å². The van der Waals surface area contributed by atoms with Crippen molar-refractivity contribution in [1.29, 1.82) is 0 Å². The van der Waals surface area contributed by atoms with Crippen LogP contribution in [0.15, 0.2) is 30.3 Å². The quantitative estimate of drug-likeness (QED) is 0.907. The predicted octanol–water partition coefficient (Wildman–Crippen LogP) is 2.22. The minimum Gasteiger partial charge on any atom is -0.484 e. The Kier molecular flexibility index (Phi) is 7.41. The molecule has 0 bridgehead atoms. The van der Waals surface area contributed by atoms with Crippen molar-refractivity contribution in [1.82, 2.24) is 4.90 Å². The number of hydrogen-bond donors (Lipinski definition) is 1. The first-order valence-electron chi connectivity index (χ1n) is 6.98. The Morgan fingerprint density at radius 2 is 2.05 bits per heavy atom. The first-order chi connectivity index (χ1) is 9.31. The molecule has 0 radical (unpaired) electrons. The summed E-state index contributed by atoms with van der Waals surface area (Å²) in [5.41, 5.74) is 5.62. The molecule has 1 atom stereocenters. The number of carbonyl (C=O) groups is 1. The fourth-order valence-corrected chi connectivity index (χ4v) is 2.57. The van der Waals surface area contributed by atoms with E-state index in [2.05, 4.69) is 0 Å². The number of hydrogen-bond acceptors (Lipinski definition) is 3. The summed E-state index contributed by atoms with van der Waals surface area (Å²) >= 11 is 0. The number of carbonyl (C=O) groups excluding carboxylic acids is 1. The van der Waals surface area contributed by atoms with E-state index in [1.807, 2.05) is 35.2 Å². The molecular formula is C15H23ClN2O2. The Morgan fingerprint density at radius 1 is 1.30 bits per heavy atom. The van der Waals surface area contributed by atoms with Gasteiger partial charge in [0, 0.05) is 12.6 Å². The highest BCUT2D eigenvalue weighted by Crippen LogP contribution is 2.19. The summed E-state index contributed by atoms with van der Waals surface area (Å²) in [5, 5.41) is 0. The first kappa shape index (κ1) is 16.8. The van der Waals surface area contributed by atoms with Gasteiger partial charge in [-0.25, -0.2) is 0 Å². The van der Waals surface area contributed by atoms with Gasteiger partial charge in [-0.1, -0.05) is 18.2 Å². The van der Waals surface area contributed by atoms with Gasteiger partial charge >= 0.3 is 0 Å². The Morgan fingerprint density at radius 3 is 2.75 bits per heavy atom. The molecule has 1 fully saturated rings. The van der Waals surface area contributed by atoms with Crippen LogP contribution in [-0.2, 0) is 4.79 Å². The number of nitrogens with two attached hydrogens (primary N) is 1. The lowest BCUT2D eigenvalue weighted by atomic mass is 9.99. The van der Waals surface area contributed by atoms with Crippen LogP contribution in [0.5, 0.6) is 5.75 Å². The highest BCUT2D eigenvalue weighted by molar-refractivity contribution is 5.85. The number of likely N-dealkylation sites (tertiary alicyclic amines) is 1. The van der Waals surface area contributed by atoms with Crippen molar-refractivity contribution in [2.24, 2.45) is 5.73 Å². The monoisotopic (exact) mass is 298 g/mol. The van der Waals surface area contributed by atoms with Crippen LogP contribution in [0.1, 0.15) is 25.7 Å². The number of rotatable bonds is 5. The highest BCUT2D eigenvalue weighted by Gasteiger charge is 2.26. The molecule has 0 aromatic heterocycles. The number of amides is 1. The van der Waals surface area contributed by atoms with Crippen LogP contribution >= 0.6 is 12.4 Å². The molecule has 2 rings (SSSR count). The molecule has 1 aromatic rings. The molecule has 1 aliphatic heterocycles. The van der Waals surface area contributed by atoms with Crippen molar-refractivity contribution in [3.8, 4) is 5.75 Å². The summed E-state index contributed by atoms with van der Waals surface area (Å²) in [7, 11) is 0. The molecule has 5 heteroatoms. The van der Waals surface area contributed by atoms with E-state index in [1.54, 1.807) is 0 Å². The van der Waals surface area contributed by atoms with Crippen molar-refractivity contribution in [3.05, 3.63) is 30.3 Å². The Labute approximate surface area is 126 Å². The van der Waals surface area contributed by atoms with Crippen LogP contribution in [0.4, 0.5) is 0 Å². The minimum atomic E-state index is 0. The van der Waals surface area contributed by atoms with Crippen LogP contribution in [0, 0.1) is 0 Å². The molecule has 112 valence electrons. The predicted molar refractivity (Wildman–Crippen MR) is 82.2 cm³/mol. The third-order valence-electron chi connectivity index (χ3n) is 3.55. The van der Waals surface area contributed by atoms with E-state index in [0.29, 0.717) is 12.6 Å². The van der Waals surface area contributed by atoms with Crippen LogP contribution in [0.2, 0.25) is 0 Å². The molecule has 1 amide bonds. The third-order valence-corrected chi connectivity index (χ3v) is 3.55. The molecule has 1 aliphatic rings. The van der Waals surface area contributed by atoms with Crippen LogP contribution in [0.25, 0.3) is 0 Å². The summed E-state index contributed by atoms with van der Waals surface area (Å²) in [4.78, 5) is 14.2. The van der Waals surface area contributed by atoms with Crippen molar-refractivity contribution in [2.45, 2.75) is 31.7 Å². The number of halogens is 1. The van der Waals surface area contributed by atoms with Gasteiger partial charge in [-0.15, -0.1) is 12.4 Å². The number of para-hydroxylation sites is 1. The number of benzene rings is 1. The standard InChI is InChI=1S/C15H22N2O2.ClH/c16-10-9-13-6-4-5-11-17(13)15(18)12-19-14-7-2-1-3-8-14;/h1-3,7-8,13H,4-6,9-12,16H2;1H. The molecule has 1 heterocycles. The molecule has 0 saturated carbocycles. The third kappa shape index (κ3) is 4.69. The van der Waals surface area contributed by atoms with E-state index >= 15 is 0 Å². The topological polar surface area (TPSA) is 55.6 Å². The summed E-state index contributed by atoms with van der Waals surface area (Å²) in [6.45, 7) is 1.58. The first-order valence-corrected chi connectivity index (χ1v) is 6.98. The summed E-state index contributed by atoms with van der Waals surface area (Å²) < 4.78 is 5.53. The van der Waals surface area contributed by atoms with Crippen molar-refractivity contribution in [2.75, 3.05) is 19.7 Å². The molecular weight excluding hydrogens is 276 g/mol. The highest BCUT2D eigenvalue weighted by atomic mass is 35.5. The van der Waals surface area contributed by atoms with Crippen molar-refractivity contribution < 1.29 is 9.53 Å². The fourth-order valence-electron chi connectivity index (χ4n) is 2.57. The van der Waals surface area contributed by atoms with Gasteiger partial charge in [-0.05, 0) is 44.4 Å². The molecule has 0 spiro atoms. The second-order valence-corrected chi connectivity index (χ2v) is 4.92. The van der Waals surface area contributed by atoms with E-state index in [-0.39, 0.29) is 24.9 Å². The van der Waals surface area contributed by atoms with Gasteiger partial charge in [-0.2, -0.15) is 0 Å². The maximum Gasteiger partial charge on any atom is 0.260 e. The van der Waals surface area contributed by atoms with Gasteiger partial charge in [0.2, 0.25) is 0 Å². The largest absolute Gasteiger partial charge is 0.484 e. The summed E-state index contributed by atoms with van der Waals surface area (Å²) in [6.07, 6.45) is 4.22. The Balaban J connectivity index is 0.00000200. The maximum atomic E-state index is 12.2. The van der Waals surface area contributed by atoms with E-state index < -0.39 is 0 Å². The van der Waals surface area contributed by atoms with Crippen molar-refractivity contribution >= 4 is 18.3 Å². The van der Waals surface area contributed by atoms with Gasteiger partial charge in [0.1, 0.15) is 5.75 Å². The van der Waals surface area contributed by atoms with Gasteiger partial charge in [0.25, 0.3) is 5.91 Å². The van der Waals surface area contributed by atoms with Gasteiger partial charge in [0.05, 0.1) is 0 Å². The summed E-state index contributed by atoms with van der Waals surface area (Å²) in [6, 6.07) is 9.75. The van der Waals surface area contributed by atoms with Crippen LogP contribution < -0.4 is 10.5 Å². The Bertz CT molecular complexity index is 398. The van der Waals surface area contributed by atoms with E-state index in [1.165, 1.54) is 6.42 Å². The zero-order chi connectivity index (χ0) is 13.5. The van der Waals surface area contributed by atoms with Crippen molar-refractivity contribution in [3.63, 3.8) is 0 Å². The summed E-state index contributed by atoms with van der Waals surface area (Å²) in [5.74, 6) is 0.810. The second-order valence-electron chi connectivity index (χ2n) is 4.92. The average Bonchev–Trinajstić information content (AvgIpc) is 2.47. The molecule has 2 N–H and O–H groups in total. The molecule has 1 aromatic carbocycles. The fraction of sp³-hybridized carbons (Fsp3) is 0.533. The molecule has 4 nitrogen and oxygen atoms in total. The van der Waals surface area contributed by atoms with Crippen LogP contribution in [0.3, 0.4) is 0 Å². The van der Waals surface area contributed by atoms with Gasteiger partial charge in [-0.3, -0.25) is 4.79 Å².